The van der Waals surface area contributed by atoms with Crippen molar-refractivity contribution in [2.75, 3.05) is 5.32 Å². The minimum atomic E-state index is -4.73. The number of carbonyl (C=O) groups excluding carboxylic acids is 3. The van der Waals surface area contributed by atoms with E-state index in [0.717, 1.165) is 10.7 Å². The van der Waals surface area contributed by atoms with Gasteiger partial charge in [-0.05, 0) is 51.0 Å². The molecule has 0 aliphatic heterocycles. The number of alkyl carbamates (subject to hydrolysis) is 1. The van der Waals surface area contributed by atoms with Crippen molar-refractivity contribution in [3.63, 3.8) is 0 Å². The maximum atomic E-state index is 13.5. The molecule has 3 rings (SSSR count). The molecule has 0 radical (unpaired) electrons. The van der Waals surface area contributed by atoms with Gasteiger partial charge in [0.05, 0.1) is 12.1 Å². The number of amides is 3. The minimum Gasteiger partial charge on any atom is -0.444 e. The van der Waals surface area contributed by atoms with Gasteiger partial charge in [-0.1, -0.05) is 42.5 Å². The Hall–Kier alpha value is -4.35. The summed E-state index contributed by atoms with van der Waals surface area (Å²) in [5.74, 6) is -1.15. The first kappa shape index (κ1) is 29.2. The molecule has 0 saturated carbocycles. The van der Waals surface area contributed by atoms with Crippen LogP contribution in [-0.4, -0.2) is 39.3 Å². The van der Waals surface area contributed by atoms with E-state index in [1.165, 1.54) is 19.1 Å². The van der Waals surface area contributed by atoms with Gasteiger partial charge in [-0.2, -0.15) is 18.3 Å². The van der Waals surface area contributed by atoms with Crippen LogP contribution in [0.1, 0.15) is 44.5 Å². The largest absolute Gasteiger partial charge is 0.444 e. The number of alkyl halides is 3. The summed E-state index contributed by atoms with van der Waals surface area (Å²) < 4.78 is 46.5. The Morgan fingerprint density at radius 3 is 2.28 bits per heavy atom. The van der Waals surface area contributed by atoms with Gasteiger partial charge >= 0.3 is 12.3 Å². The second kappa shape index (κ2) is 12.0. The van der Waals surface area contributed by atoms with Crippen LogP contribution >= 0.6 is 0 Å². The third-order valence-electron chi connectivity index (χ3n) is 5.22. The van der Waals surface area contributed by atoms with Crippen LogP contribution in [0.5, 0.6) is 0 Å². The van der Waals surface area contributed by atoms with Gasteiger partial charge in [0, 0.05) is 12.6 Å². The van der Waals surface area contributed by atoms with Crippen molar-refractivity contribution >= 4 is 23.7 Å². The summed E-state index contributed by atoms with van der Waals surface area (Å²) in [6.07, 6.45) is -5.50. The molecule has 12 heteroatoms. The number of nitrogens with zero attached hydrogens (tertiary/aromatic N) is 2. The van der Waals surface area contributed by atoms with Crippen LogP contribution in [0, 0.1) is 0 Å². The van der Waals surface area contributed by atoms with Gasteiger partial charge in [-0.25, -0.2) is 9.48 Å². The number of benzene rings is 2. The van der Waals surface area contributed by atoms with E-state index in [1.54, 1.807) is 63.2 Å². The van der Waals surface area contributed by atoms with Crippen molar-refractivity contribution in [3.8, 4) is 5.69 Å². The van der Waals surface area contributed by atoms with Crippen molar-refractivity contribution < 1.29 is 32.3 Å². The normalized spacial score (nSPS) is 12.4. The number of nitrogens with one attached hydrogen (secondary N) is 3. The van der Waals surface area contributed by atoms with E-state index in [4.69, 9.17) is 4.74 Å². The lowest BCUT2D eigenvalue weighted by Gasteiger charge is -2.21. The average molecular weight is 546 g/mol. The van der Waals surface area contributed by atoms with Gasteiger partial charge in [0.1, 0.15) is 17.5 Å². The summed E-state index contributed by atoms with van der Waals surface area (Å²) in [4.78, 5) is 36.9. The van der Waals surface area contributed by atoms with E-state index in [2.05, 4.69) is 21.0 Å². The van der Waals surface area contributed by atoms with Gasteiger partial charge in [-0.3, -0.25) is 9.59 Å². The molecular weight excluding hydrogens is 515 g/mol. The molecule has 1 atom stereocenters. The van der Waals surface area contributed by atoms with Crippen LogP contribution in [0.25, 0.3) is 5.69 Å². The molecule has 0 aliphatic rings. The molecule has 0 bridgehead atoms. The Morgan fingerprint density at radius 1 is 0.974 bits per heavy atom. The van der Waals surface area contributed by atoms with E-state index in [1.807, 2.05) is 0 Å². The van der Waals surface area contributed by atoms with Crippen LogP contribution in [-0.2, 0) is 33.5 Å². The molecule has 0 saturated heterocycles. The molecule has 2 aromatic carbocycles. The molecule has 0 fully saturated rings. The van der Waals surface area contributed by atoms with Gasteiger partial charge < -0.3 is 20.7 Å². The number of ether oxygens (including phenoxy) is 1. The number of halogens is 3. The molecule has 1 aromatic heterocycles. The summed E-state index contributed by atoms with van der Waals surface area (Å²) in [7, 11) is 0. The first-order valence-corrected chi connectivity index (χ1v) is 12.1. The van der Waals surface area contributed by atoms with Crippen molar-refractivity contribution in [1.29, 1.82) is 0 Å². The first-order valence-electron chi connectivity index (χ1n) is 12.1. The average Bonchev–Trinajstić information content (AvgIpc) is 3.26. The highest BCUT2D eigenvalue weighted by Gasteiger charge is 2.35. The molecule has 39 heavy (non-hydrogen) atoms. The van der Waals surface area contributed by atoms with E-state index in [0.29, 0.717) is 11.1 Å². The fraction of sp³-hybridized carbons (Fsp3) is 0.333. The summed E-state index contributed by atoms with van der Waals surface area (Å²) in [5, 5.41) is 11.3. The smallest absolute Gasteiger partial charge is 0.435 e. The SMILES string of the molecule is C[C@H](NC(=O)OC(C)(C)C)C(=O)NCc1cccc(-n2nc(C(F)(F)F)cc2NC(=O)Cc2ccccc2)c1. The third-order valence-corrected chi connectivity index (χ3v) is 5.22. The van der Waals surface area contributed by atoms with Crippen molar-refractivity contribution in [1.82, 2.24) is 20.4 Å². The van der Waals surface area contributed by atoms with Gasteiger partial charge in [0.25, 0.3) is 0 Å². The van der Waals surface area contributed by atoms with Gasteiger partial charge in [0.2, 0.25) is 11.8 Å². The van der Waals surface area contributed by atoms with E-state index in [9.17, 15) is 27.6 Å². The zero-order valence-electron chi connectivity index (χ0n) is 21.9. The van der Waals surface area contributed by atoms with Crippen LogP contribution in [0.2, 0.25) is 0 Å². The Labute approximate surface area is 223 Å². The number of rotatable bonds is 8. The fourth-order valence-corrected chi connectivity index (χ4v) is 3.46. The van der Waals surface area contributed by atoms with E-state index < -0.39 is 41.4 Å². The lowest BCUT2D eigenvalue weighted by molar-refractivity contribution is -0.141. The number of aromatic nitrogens is 2. The Bertz CT molecular complexity index is 1320. The summed E-state index contributed by atoms with van der Waals surface area (Å²) in [5.41, 5.74) is -0.398. The van der Waals surface area contributed by atoms with Gasteiger partial charge in [0.15, 0.2) is 5.69 Å². The van der Waals surface area contributed by atoms with Crippen LogP contribution in [0.15, 0.2) is 60.7 Å². The summed E-state index contributed by atoms with van der Waals surface area (Å²) in [6, 6.07) is 15.0. The highest BCUT2D eigenvalue weighted by Crippen LogP contribution is 2.31. The summed E-state index contributed by atoms with van der Waals surface area (Å²) >= 11 is 0. The molecule has 1 heterocycles. The topological polar surface area (TPSA) is 114 Å². The van der Waals surface area contributed by atoms with Crippen LogP contribution in [0.4, 0.5) is 23.8 Å². The molecule has 208 valence electrons. The van der Waals surface area contributed by atoms with Crippen molar-refractivity contribution in [2.24, 2.45) is 0 Å². The second-order valence-electron chi connectivity index (χ2n) is 9.79. The Kier molecular flexibility index (Phi) is 9.00. The highest BCUT2D eigenvalue weighted by atomic mass is 19.4. The zero-order chi connectivity index (χ0) is 28.8. The number of anilines is 1. The van der Waals surface area contributed by atoms with Crippen molar-refractivity contribution in [2.45, 2.75) is 58.5 Å². The lowest BCUT2D eigenvalue weighted by Crippen LogP contribution is -2.46. The predicted octanol–water partition coefficient (Wildman–Crippen LogP) is 4.60. The van der Waals surface area contributed by atoms with Crippen LogP contribution in [0.3, 0.4) is 0 Å². The van der Waals surface area contributed by atoms with Crippen LogP contribution < -0.4 is 16.0 Å². The fourth-order valence-electron chi connectivity index (χ4n) is 3.46. The molecule has 0 unspecified atom stereocenters. The molecule has 3 N–H and O–H groups in total. The molecule has 0 aliphatic carbocycles. The standard InChI is InChI=1S/C27H30F3N5O4/c1-17(32-25(38)39-26(2,3)4)24(37)31-16-19-11-8-12-20(13-19)35-22(15-21(34-35)27(28,29)30)33-23(36)14-18-9-6-5-7-10-18/h5-13,15,17H,14,16H2,1-4H3,(H,31,37)(H,32,38)(H,33,36)/t17-/m0/s1. The van der Waals surface area contributed by atoms with Gasteiger partial charge in [-0.15, -0.1) is 0 Å². The molecule has 9 nitrogen and oxygen atoms in total. The van der Waals surface area contributed by atoms with E-state index >= 15 is 0 Å². The second-order valence-corrected chi connectivity index (χ2v) is 9.79. The zero-order valence-corrected chi connectivity index (χ0v) is 21.9. The first-order chi connectivity index (χ1) is 18.2. The monoisotopic (exact) mass is 545 g/mol. The summed E-state index contributed by atoms with van der Waals surface area (Å²) in [6.45, 7) is 6.60. The Balaban J connectivity index is 1.73. The number of hydrogen-bond acceptors (Lipinski definition) is 5. The maximum Gasteiger partial charge on any atom is 0.435 e. The maximum absolute atomic E-state index is 13.5. The quantitative estimate of drug-likeness (QED) is 0.383. The third kappa shape index (κ3) is 8.87. The molecule has 3 aromatic rings. The minimum absolute atomic E-state index is 0.0239. The lowest BCUT2D eigenvalue weighted by atomic mass is 10.1. The molecular formula is C27H30F3N5O4. The molecule has 0 spiro atoms. The highest BCUT2D eigenvalue weighted by molar-refractivity contribution is 5.91. The molecule has 3 amide bonds. The number of hydrogen-bond donors (Lipinski definition) is 3. The van der Waals surface area contributed by atoms with Crippen molar-refractivity contribution in [3.05, 3.63) is 77.5 Å². The van der Waals surface area contributed by atoms with E-state index in [-0.39, 0.29) is 24.5 Å². The Morgan fingerprint density at radius 2 is 1.64 bits per heavy atom. The predicted molar refractivity (Wildman–Crippen MR) is 138 cm³/mol. The number of carbonyl (C=O) groups is 3.